The van der Waals surface area contributed by atoms with Crippen LogP contribution in [0, 0.1) is 5.82 Å². The summed E-state index contributed by atoms with van der Waals surface area (Å²) in [6.07, 6.45) is 0. The molecule has 2 N–H and O–H groups in total. The highest BCUT2D eigenvalue weighted by Crippen LogP contribution is 2.29. The van der Waals surface area contributed by atoms with Crippen molar-refractivity contribution in [2.75, 3.05) is 0 Å². The molecule has 5 heteroatoms. The lowest BCUT2D eigenvalue weighted by molar-refractivity contribution is 0.470. The van der Waals surface area contributed by atoms with E-state index in [-0.39, 0.29) is 27.8 Å². The summed E-state index contributed by atoms with van der Waals surface area (Å²) in [4.78, 5) is 12.2. The van der Waals surface area contributed by atoms with Gasteiger partial charge in [-0.2, -0.15) is 0 Å². The number of nitrogens with zero attached hydrogens (tertiary/aromatic N) is 1. The lowest BCUT2D eigenvalue weighted by Crippen LogP contribution is -2.17. The average molecular weight is 259 g/mol. The highest BCUT2D eigenvalue weighted by atomic mass is 19.1. The molecule has 0 amide bonds. The van der Waals surface area contributed by atoms with E-state index in [2.05, 4.69) is 0 Å². The summed E-state index contributed by atoms with van der Waals surface area (Å²) >= 11 is 0. The summed E-state index contributed by atoms with van der Waals surface area (Å²) in [6.45, 7) is 0. The maximum absolute atomic E-state index is 14.1. The van der Waals surface area contributed by atoms with Gasteiger partial charge >= 0.3 is 0 Å². The maximum Gasteiger partial charge on any atom is 0.258 e. The van der Waals surface area contributed by atoms with E-state index in [1.165, 1.54) is 35.9 Å². The Morgan fingerprint density at radius 1 is 1.05 bits per heavy atom. The van der Waals surface area contributed by atoms with Crippen molar-refractivity contribution in [3.63, 3.8) is 0 Å². The number of halogens is 1. The van der Waals surface area contributed by atoms with Gasteiger partial charge in [-0.15, -0.1) is 0 Å². The van der Waals surface area contributed by atoms with Crippen LogP contribution < -0.4 is 5.56 Å². The van der Waals surface area contributed by atoms with E-state index in [9.17, 15) is 19.4 Å². The number of fused-ring (bicyclic) bond motifs is 3. The zero-order chi connectivity index (χ0) is 13.7. The number of aromatic nitrogens is 1. The summed E-state index contributed by atoms with van der Waals surface area (Å²) in [5.74, 6) is -0.900. The van der Waals surface area contributed by atoms with Crippen molar-refractivity contribution < 1.29 is 14.6 Å². The van der Waals surface area contributed by atoms with Gasteiger partial charge in [0, 0.05) is 24.6 Å². The fraction of sp³-hybridized carbons (Fsp3) is 0.0714. The van der Waals surface area contributed by atoms with E-state index in [0.29, 0.717) is 10.9 Å². The lowest BCUT2D eigenvalue weighted by Gasteiger charge is -2.10. The zero-order valence-electron chi connectivity index (χ0n) is 10.0. The summed E-state index contributed by atoms with van der Waals surface area (Å²) in [5.41, 5.74) is -0.0518. The maximum atomic E-state index is 14.1. The molecule has 96 valence electrons. The molecule has 0 bridgehead atoms. The minimum atomic E-state index is -0.610. The zero-order valence-corrected chi connectivity index (χ0v) is 10.0. The van der Waals surface area contributed by atoms with Crippen LogP contribution in [0.1, 0.15) is 0 Å². The number of hydrogen-bond donors (Lipinski definition) is 2. The molecule has 4 nitrogen and oxygen atoms in total. The van der Waals surface area contributed by atoms with Crippen molar-refractivity contribution >= 4 is 21.7 Å². The molecule has 0 spiro atoms. The quantitative estimate of drug-likeness (QED) is 0.609. The number of phenols is 2. The van der Waals surface area contributed by atoms with Crippen molar-refractivity contribution in [1.29, 1.82) is 0 Å². The average Bonchev–Trinajstić information content (AvgIpc) is 2.35. The van der Waals surface area contributed by atoms with Crippen LogP contribution >= 0.6 is 0 Å². The van der Waals surface area contributed by atoms with E-state index in [1.807, 2.05) is 0 Å². The SMILES string of the molecule is Cn1c(=O)c2cc(O)ccc2c2c(F)cc(O)cc21. The van der Waals surface area contributed by atoms with Crippen LogP contribution in [0.4, 0.5) is 4.39 Å². The van der Waals surface area contributed by atoms with E-state index in [4.69, 9.17) is 0 Å². The van der Waals surface area contributed by atoms with Gasteiger partial charge in [-0.1, -0.05) is 0 Å². The number of pyridine rings is 1. The van der Waals surface area contributed by atoms with Gasteiger partial charge in [0.1, 0.15) is 17.3 Å². The number of aryl methyl sites for hydroxylation is 1. The number of aromatic hydroxyl groups is 2. The molecule has 0 aliphatic rings. The third kappa shape index (κ3) is 1.55. The van der Waals surface area contributed by atoms with Crippen LogP contribution in [0.25, 0.3) is 21.7 Å². The van der Waals surface area contributed by atoms with E-state index < -0.39 is 5.82 Å². The monoisotopic (exact) mass is 259 g/mol. The van der Waals surface area contributed by atoms with Crippen LogP contribution in [0.5, 0.6) is 11.5 Å². The highest BCUT2D eigenvalue weighted by Gasteiger charge is 2.13. The number of phenolic OH excluding ortho intramolecular Hbond substituents is 2. The topological polar surface area (TPSA) is 62.5 Å². The normalized spacial score (nSPS) is 11.3. The van der Waals surface area contributed by atoms with Gasteiger partial charge < -0.3 is 14.8 Å². The Labute approximate surface area is 107 Å². The second-order valence-corrected chi connectivity index (χ2v) is 4.42. The first kappa shape index (κ1) is 11.5. The summed E-state index contributed by atoms with van der Waals surface area (Å²) < 4.78 is 15.3. The number of rotatable bonds is 0. The van der Waals surface area contributed by atoms with Crippen LogP contribution in [0.15, 0.2) is 35.1 Å². The molecular weight excluding hydrogens is 249 g/mol. The molecule has 2 aromatic carbocycles. The molecule has 0 fully saturated rings. The highest BCUT2D eigenvalue weighted by molar-refractivity contribution is 6.06. The Bertz CT molecular complexity index is 883. The Kier molecular flexibility index (Phi) is 2.25. The molecule has 0 atom stereocenters. The van der Waals surface area contributed by atoms with Crippen molar-refractivity contribution in [2.45, 2.75) is 0 Å². The second kappa shape index (κ2) is 3.71. The molecule has 19 heavy (non-hydrogen) atoms. The molecule has 0 aliphatic heterocycles. The van der Waals surface area contributed by atoms with Gasteiger partial charge in [0.15, 0.2) is 0 Å². The Morgan fingerprint density at radius 3 is 2.53 bits per heavy atom. The van der Waals surface area contributed by atoms with Gasteiger partial charge in [-0.05, 0) is 23.6 Å². The van der Waals surface area contributed by atoms with E-state index >= 15 is 0 Å². The van der Waals surface area contributed by atoms with Crippen molar-refractivity contribution in [3.05, 3.63) is 46.5 Å². The third-order valence-electron chi connectivity index (χ3n) is 3.22. The molecule has 0 saturated heterocycles. The molecular formula is C14H10FNO3. The number of benzene rings is 2. The molecule has 0 unspecified atom stereocenters. The Balaban J connectivity index is 2.71. The standard InChI is InChI=1S/C14H10FNO3/c1-16-12-6-8(18)5-11(15)13(12)9-3-2-7(17)4-10(9)14(16)19/h2-6,17-18H,1H3. The predicted molar refractivity (Wildman–Crippen MR) is 70.0 cm³/mol. The van der Waals surface area contributed by atoms with Crippen molar-refractivity contribution in [3.8, 4) is 11.5 Å². The van der Waals surface area contributed by atoms with Crippen LogP contribution in [-0.4, -0.2) is 14.8 Å². The molecule has 0 saturated carbocycles. The predicted octanol–water partition coefficient (Wildman–Crippen LogP) is 2.24. The third-order valence-corrected chi connectivity index (χ3v) is 3.22. The first-order valence-electron chi connectivity index (χ1n) is 5.63. The van der Waals surface area contributed by atoms with Crippen LogP contribution in [-0.2, 0) is 7.05 Å². The molecule has 0 radical (unpaired) electrons. The van der Waals surface area contributed by atoms with Crippen molar-refractivity contribution in [1.82, 2.24) is 4.57 Å². The largest absolute Gasteiger partial charge is 0.508 e. The smallest absolute Gasteiger partial charge is 0.258 e. The second-order valence-electron chi connectivity index (χ2n) is 4.42. The Hall–Kier alpha value is -2.56. The molecule has 1 heterocycles. The van der Waals surface area contributed by atoms with Crippen molar-refractivity contribution in [2.24, 2.45) is 7.05 Å². The van der Waals surface area contributed by atoms with Crippen LogP contribution in [0.2, 0.25) is 0 Å². The van der Waals surface area contributed by atoms with E-state index in [0.717, 1.165) is 6.07 Å². The van der Waals surface area contributed by atoms with Crippen LogP contribution in [0.3, 0.4) is 0 Å². The fourth-order valence-corrected chi connectivity index (χ4v) is 2.33. The summed E-state index contributed by atoms with van der Waals surface area (Å²) in [5, 5.41) is 19.8. The minimum absolute atomic E-state index is 0.0527. The lowest BCUT2D eigenvalue weighted by atomic mass is 10.0. The number of hydrogen-bond acceptors (Lipinski definition) is 3. The van der Waals surface area contributed by atoms with Gasteiger partial charge in [0.25, 0.3) is 5.56 Å². The molecule has 3 rings (SSSR count). The summed E-state index contributed by atoms with van der Waals surface area (Å²) in [7, 11) is 1.49. The van der Waals surface area contributed by atoms with Gasteiger partial charge in [0.2, 0.25) is 0 Å². The molecule has 0 aliphatic carbocycles. The molecule has 1 aromatic heterocycles. The fourth-order valence-electron chi connectivity index (χ4n) is 2.33. The van der Waals surface area contributed by atoms with E-state index in [1.54, 1.807) is 0 Å². The minimum Gasteiger partial charge on any atom is -0.508 e. The van der Waals surface area contributed by atoms with Gasteiger partial charge in [0.05, 0.1) is 10.9 Å². The molecule has 3 aromatic rings. The Morgan fingerprint density at radius 2 is 1.79 bits per heavy atom. The summed E-state index contributed by atoms with van der Waals surface area (Å²) in [6, 6.07) is 6.54. The van der Waals surface area contributed by atoms with Gasteiger partial charge in [-0.3, -0.25) is 4.79 Å². The first-order valence-corrected chi connectivity index (χ1v) is 5.63. The van der Waals surface area contributed by atoms with Gasteiger partial charge in [-0.25, -0.2) is 4.39 Å². The first-order chi connectivity index (χ1) is 8.99.